The fraction of sp³-hybridized carbons (Fsp3) is 0.176. The van der Waals surface area contributed by atoms with E-state index in [1.165, 1.54) is 38.5 Å². The summed E-state index contributed by atoms with van der Waals surface area (Å²) in [6.07, 6.45) is 0. The molecular weight excluding hydrogens is 326 g/mol. The van der Waals surface area contributed by atoms with Crippen LogP contribution in [0.1, 0.15) is 37.4 Å². The van der Waals surface area contributed by atoms with Crippen molar-refractivity contribution in [3.05, 3.63) is 62.5 Å². The number of ketones is 2. The van der Waals surface area contributed by atoms with Crippen molar-refractivity contribution in [1.29, 1.82) is 0 Å². The Morgan fingerprint density at radius 3 is 2.40 bits per heavy atom. The molecule has 0 unspecified atom stereocenters. The standard InChI is InChI=1S/C17H13N3O5/c1-24-9-5-11-14(12(21)6-9)17(23)15-10(16(11)22)3-8(7-19-20-18)4-13(15)25-2/h3-6,21H,7H2,1-2H3. The molecule has 1 aliphatic rings. The molecule has 0 amide bonds. The van der Waals surface area contributed by atoms with E-state index >= 15 is 0 Å². The van der Waals surface area contributed by atoms with Crippen molar-refractivity contribution < 1.29 is 24.2 Å². The van der Waals surface area contributed by atoms with Gasteiger partial charge in [-0.15, -0.1) is 0 Å². The van der Waals surface area contributed by atoms with E-state index < -0.39 is 11.6 Å². The highest BCUT2D eigenvalue weighted by atomic mass is 16.5. The molecule has 2 aromatic carbocycles. The predicted molar refractivity (Wildman–Crippen MR) is 87.4 cm³/mol. The Hall–Kier alpha value is -3.51. The minimum absolute atomic E-state index is 0.0117. The third-order valence-corrected chi connectivity index (χ3v) is 3.97. The largest absolute Gasteiger partial charge is 0.507 e. The van der Waals surface area contributed by atoms with Crippen LogP contribution < -0.4 is 9.47 Å². The number of phenolic OH excluding ortho intramolecular Hbond substituents is 1. The lowest BCUT2D eigenvalue weighted by Gasteiger charge is -2.21. The summed E-state index contributed by atoms with van der Waals surface area (Å²) in [5, 5.41) is 13.6. The van der Waals surface area contributed by atoms with Crippen LogP contribution >= 0.6 is 0 Å². The second-order valence-electron chi connectivity index (χ2n) is 5.34. The molecule has 0 saturated heterocycles. The molecule has 1 N–H and O–H groups in total. The SMILES string of the molecule is COc1cc(O)c2c(c1)C(=O)c1cc(CN=[N+]=[N-])cc(OC)c1C2=O. The summed E-state index contributed by atoms with van der Waals surface area (Å²) in [5.74, 6) is -0.853. The number of rotatable bonds is 4. The van der Waals surface area contributed by atoms with Crippen LogP contribution in [0.2, 0.25) is 0 Å². The molecule has 0 aliphatic heterocycles. The second kappa shape index (κ2) is 6.18. The first-order valence-electron chi connectivity index (χ1n) is 7.24. The number of carbonyl (C=O) groups is 2. The number of ether oxygens (including phenoxy) is 2. The van der Waals surface area contributed by atoms with Crippen LogP contribution in [0.4, 0.5) is 0 Å². The summed E-state index contributed by atoms with van der Waals surface area (Å²) in [6.45, 7) is 0.0117. The van der Waals surface area contributed by atoms with Crippen LogP contribution in [0.3, 0.4) is 0 Å². The van der Waals surface area contributed by atoms with Crippen molar-refractivity contribution in [2.75, 3.05) is 14.2 Å². The Labute approximate surface area is 142 Å². The number of benzene rings is 2. The lowest BCUT2D eigenvalue weighted by atomic mass is 9.82. The van der Waals surface area contributed by atoms with Crippen molar-refractivity contribution >= 4 is 11.6 Å². The Balaban J connectivity index is 2.27. The van der Waals surface area contributed by atoms with Crippen LogP contribution in [-0.4, -0.2) is 30.9 Å². The van der Waals surface area contributed by atoms with E-state index in [0.717, 1.165) is 0 Å². The molecule has 0 spiro atoms. The Bertz CT molecular complexity index is 961. The van der Waals surface area contributed by atoms with Gasteiger partial charge in [-0.3, -0.25) is 9.59 Å². The highest BCUT2D eigenvalue weighted by Gasteiger charge is 2.35. The van der Waals surface area contributed by atoms with E-state index in [4.69, 9.17) is 15.0 Å². The third kappa shape index (κ3) is 2.54. The van der Waals surface area contributed by atoms with Crippen LogP contribution in [0.15, 0.2) is 29.4 Å². The van der Waals surface area contributed by atoms with Gasteiger partial charge in [-0.05, 0) is 29.3 Å². The Kier molecular flexibility index (Phi) is 4.04. The van der Waals surface area contributed by atoms with Gasteiger partial charge in [0.1, 0.15) is 17.2 Å². The summed E-state index contributed by atoms with van der Waals surface area (Å²) in [6, 6.07) is 5.71. The van der Waals surface area contributed by atoms with E-state index in [0.29, 0.717) is 5.56 Å². The molecule has 2 aromatic rings. The molecule has 0 aromatic heterocycles. The predicted octanol–water partition coefficient (Wildman–Crippen LogP) is 3.00. The van der Waals surface area contributed by atoms with E-state index in [-0.39, 0.29) is 46.0 Å². The van der Waals surface area contributed by atoms with E-state index in [1.807, 2.05) is 0 Å². The summed E-state index contributed by atoms with van der Waals surface area (Å²) in [4.78, 5) is 28.4. The minimum atomic E-state index is -0.517. The van der Waals surface area contributed by atoms with Gasteiger partial charge in [0.2, 0.25) is 5.78 Å². The Morgan fingerprint density at radius 2 is 1.76 bits per heavy atom. The summed E-state index contributed by atoms with van der Waals surface area (Å²) >= 11 is 0. The average molecular weight is 339 g/mol. The highest BCUT2D eigenvalue weighted by molar-refractivity contribution is 6.30. The van der Waals surface area contributed by atoms with Gasteiger partial charge < -0.3 is 14.6 Å². The molecule has 8 heteroatoms. The molecule has 3 rings (SSSR count). The van der Waals surface area contributed by atoms with Crippen LogP contribution in [0, 0.1) is 0 Å². The zero-order valence-corrected chi connectivity index (χ0v) is 13.4. The van der Waals surface area contributed by atoms with Crippen molar-refractivity contribution in [1.82, 2.24) is 0 Å². The Morgan fingerprint density at radius 1 is 1.04 bits per heavy atom. The van der Waals surface area contributed by atoms with Crippen molar-refractivity contribution in [2.45, 2.75) is 6.54 Å². The number of hydrogen-bond donors (Lipinski definition) is 1. The van der Waals surface area contributed by atoms with Crippen molar-refractivity contribution in [3.63, 3.8) is 0 Å². The number of aromatic hydroxyl groups is 1. The summed E-state index contributed by atoms with van der Waals surface area (Å²) < 4.78 is 10.3. The first-order chi connectivity index (χ1) is 12.0. The molecule has 1 aliphatic carbocycles. The molecule has 0 fully saturated rings. The van der Waals surface area contributed by atoms with E-state index in [2.05, 4.69) is 10.0 Å². The zero-order chi connectivity index (χ0) is 18.1. The second-order valence-corrected chi connectivity index (χ2v) is 5.34. The molecule has 8 nitrogen and oxygen atoms in total. The first kappa shape index (κ1) is 16.4. The smallest absolute Gasteiger partial charge is 0.201 e. The van der Waals surface area contributed by atoms with E-state index in [1.54, 1.807) is 0 Å². The maximum absolute atomic E-state index is 12.9. The van der Waals surface area contributed by atoms with Gasteiger partial charge in [0.25, 0.3) is 0 Å². The first-order valence-corrected chi connectivity index (χ1v) is 7.24. The van der Waals surface area contributed by atoms with Gasteiger partial charge >= 0.3 is 0 Å². The van der Waals surface area contributed by atoms with Crippen LogP contribution in [0.5, 0.6) is 17.2 Å². The highest BCUT2D eigenvalue weighted by Crippen LogP contribution is 2.39. The molecule has 0 radical (unpaired) electrons. The van der Waals surface area contributed by atoms with Gasteiger partial charge in [0, 0.05) is 22.1 Å². The van der Waals surface area contributed by atoms with Crippen LogP contribution in [-0.2, 0) is 6.54 Å². The van der Waals surface area contributed by atoms with E-state index in [9.17, 15) is 14.7 Å². The number of methoxy groups -OCH3 is 2. The lowest BCUT2D eigenvalue weighted by molar-refractivity contribution is 0.0973. The third-order valence-electron chi connectivity index (χ3n) is 3.97. The quantitative estimate of drug-likeness (QED) is 0.445. The van der Waals surface area contributed by atoms with Gasteiger partial charge in [0.05, 0.1) is 31.9 Å². The normalized spacial score (nSPS) is 12.1. The number of phenols is 1. The number of nitrogens with zero attached hydrogens (tertiary/aromatic N) is 3. The van der Waals surface area contributed by atoms with Crippen molar-refractivity contribution in [3.8, 4) is 17.2 Å². The lowest BCUT2D eigenvalue weighted by Crippen LogP contribution is -2.22. The molecule has 126 valence electrons. The maximum atomic E-state index is 12.9. The maximum Gasteiger partial charge on any atom is 0.201 e. The van der Waals surface area contributed by atoms with Gasteiger partial charge in [-0.2, -0.15) is 0 Å². The topological polar surface area (TPSA) is 122 Å². The monoisotopic (exact) mass is 339 g/mol. The minimum Gasteiger partial charge on any atom is -0.507 e. The number of hydrogen-bond acceptors (Lipinski definition) is 6. The fourth-order valence-corrected chi connectivity index (χ4v) is 2.86. The number of azide groups is 1. The van der Waals surface area contributed by atoms with Gasteiger partial charge in [0.15, 0.2) is 5.78 Å². The van der Waals surface area contributed by atoms with Gasteiger partial charge in [-0.25, -0.2) is 0 Å². The number of carbonyl (C=O) groups excluding carboxylic acids is 2. The molecule has 0 heterocycles. The fourth-order valence-electron chi connectivity index (χ4n) is 2.86. The summed E-state index contributed by atoms with van der Waals surface area (Å²) in [7, 11) is 2.76. The molecule has 0 atom stereocenters. The average Bonchev–Trinajstić information content (AvgIpc) is 2.62. The van der Waals surface area contributed by atoms with Crippen LogP contribution in [0.25, 0.3) is 10.4 Å². The zero-order valence-electron chi connectivity index (χ0n) is 13.4. The molecular formula is C17H13N3O5. The molecule has 0 saturated carbocycles. The molecule has 25 heavy (non-hydrogen) atoms. The number of fused-ring (bicyclic) bond motifs is 2. The van der Waals surface area contributed by atoms with Crippen molar-refractivity contribution in [2.24, 2.45) is 5.11 Å². The van der Waals surface area contributed by atoms with Gasteiger partial charge in [-0.1, -0.05) is 5.11 Å². The molecule has 0 bridgehead atoms. The summed E-state index contributed by atoms with van der Waals surface area (Å²) in [5.41, 5.74) is 9.18.